The number of carbonyl (C=O) groups is 4. The molecular formula is C21H41NO7. The number of ether oxygens (including phenoxy) is 3. The molecule has 0 bridgehead atoms. The van der Waals surface area contributed by atoms with Gasteiger partial charge in [-0.25, -0.2) is 4.79 Å². The van der Waals surface area contributed by atoms with Gasteiger partial charge < -0.3 is 19.5 Å². The van der Waals surface area contributed by atoms with E-state index in [0.717, 1.165) is 6.42 Å². The van der Waals surface area contributed by atoms with Crippen molar-refractivity contribution in [1.82, 2.24) is 5.32 Å². The van der Waals surface area contributed by atoms with E-state index in [1.54, 1.807) is 27.9 Å². The van der Waals surface area contributed by atoms with E-state index in [1.165, 1.54) is 7.11 Å². The molecule has 1 N–H and O–H groups in total. The lowest BCUT2D eigenvalue weighted by Gasteiger charge is -2.11. The van der Waals surface area contributed by atoms with Crippen molar-refractivity contribution in [3.05, 3.63) is 0 Å². The average molecular weight is 420 g/mol. The lowest BCUT2D eigenvalue weighted by Crippen LogP contribution is -2.34. The van der Waals surface area contributed by atoms with E-state index in [2.05, 4.69) is 14.8 Å². The zero-order chi connectivity index (χ0) is 23.6. The summed E-state index contributed by atoms with van der Waals surface area (Å²) in [7, 11) is 2.85. The number of methoxy groups -OCH3 is 2. The average Bonchev–Trinajstić information content (AvgIpc) is 2.64. The Morgan fingerprint density at radius 1 is 0.931 bits per heavy atom. The summed E-state index contributed by atoms with van der Waals surface area (Å²) in [5.74, 6) is -0.645. The molecule has 0 heterocycles. The van der Waals surface area contributed by atoms with Crippen LogP contribution in [0.5, 0.6) is 0 Å². The van der Waals surface area contributed by atoms with E-state index >= 15 is 0 Å². The van der Waals surface area contributed by atoms with Gasteiger partial charge in [-0.2, -0.15) is 0 Å². The molecule has 2 atom stereocenters. The summed E-state index contributed by atoms with van der Waals surface area (Å²) in [5, 5.41) is 2.85. The summed E-state index contributed by atoms with van der Waals surface area (Å²) in [6.07, 6.45) is 1.52. The van der Waals surface area contributed by atoms with Crippen molar-refractivity contribution in [3.63, 3.8) is 0 Å². The Morgan fingerprint density at radius 3 is 1.72 bits per heavy atom. The van der Waals surface area contributed by atoms with E-state index in [0.29, 0.717) is 6.42 Å². The van der Waals surface area contributed by atoms with Gasteiger partial charge in [-0.1, -0.05) is 27.7 Å². The van der Waals surface area contributed by atoms with Gasteiger partial charge in [-0.05, 0) is 34.1 Å². The Balaban J connectivity index is -0.000000354. The quantitative estimate of drug-likeness (QED) is 0.572. The Hall–Kier alpha value is -1.96. The molecule has 8 nitrogen and oxygen atoms in total. The van der Waals surface area contributed by atoms with Crippen molar-refractivity contribution in [1.29, 1.82) is 0 Å². The standard InChI is InChI=1S/C8H17NO.C7H12O4.C6H12O2/c1-5-7(4)8(10)9-6(2)3;1-5(2)7(9)11-4-6(8)10-3;1-5(7)4-6(2)8-3/h6-7H,5H2,1-4H3,(H,9,10);5H,4H2,1-3H3;6H,4H2,1-3H3. The summed E-state index contributed by atoms with van der Waals surface area (Å²) in [6, 6.07) is 0.265. The number of carbonyl (C=O) groups excluding carboxylic acids is 4. The van der Waals surface area contributed by atoms with Crippen LogP contribution in [0.15, 0.2) is 0 Å². The van der Waals surface area contributed by atoms with Crippen molar-refractivity contribution < 1.29 is 33.4 Å². The first-order valence-electron chi connectivity index (χ1n) is 9.88. The fraction of sp³-hybridized carbons (Fsp3) is 0.810. The summed E-state index contributed by atoms with van der Waals surface area (Å²) in [4.78, 5) is 42.6. The van der Waals surface area contributed by atoms with Crippen LogP contribution >= 0.6 is 0 Å². The van der Waals surface area contributed by atoms with Crippen LogP contribution in [0.4, 0.5) is 0 Å². The molecule has 8 heteroatoms. The topological polar surface area (TPSA) is 108 Å². The molecule has 0 aromatic heterocycles. The van der Waals surface area contributed by atoms with Crippen molar-refractivity contribution in [3.8, 4) is 0 Å². The van der Waals surface area contributed by atoms with Crippen molar-refractivity contribution in [2.24, 2.45) is 11.8 Å². The zero-order valence-electron chi connectivity index (χ0n) is 19.8. The highest BCUT2D eigenvalue weighted by molar-refractivity contribution is 5.78. The molecule has 0 spiro atoms. The minimum absolute atomic E-state index is 0.0764. The van der Waals surface area contributed by atoms with Crippen molar-refractivity contribution in [2.75, 3.05) is 20.8 Å². The van der Waals surface area contributed by atoms with Gasteiger partial charge in [-0.15, -0.1) is 0 Å². The van der Waals surface area contributed by atoms with Crippen molar-refractivity contribution >= 4 is 23.6 Å². The third-order valence-corrected chi connectivity index (χ3v) is 3.50. The van der Waals surface area contributed by atoms with Gasteiger partial charge in [0.15, 0.2) is 6.61 Å². The highest BCUT2D eigenvalue weighted by Gasteiger charge is 2.11. The summed E-state index contributed by atoms with van der Waals surface area (Å²) >= 11 is 0. The van der Waals surface area contributed by atoms with Crippen LogP contribution in [0.1, 0.15) is 68.2 Å². The summed E-state index contributed by atoms with van der Waals surface area (Å²) in [6.45, 7) is 14.4. The second-order valence-corrected chi connectivity index (χ2v) is 7.26. The van der Waals surface area contributed by atoms with Crippen LogP contribution in [0.25, 0.3) is 0 Å². The van der Waals surface area contributed by atoms with Crippen LogP contribution in [-0.4, -0.2) is 56.6 Å². The maximum atomic E-state index is 11.1. The van der Waals surface area contributed by atoms with Gasteiger partial charge in [0, 0.05) is 25.5 Å². The smallest absolute Gasteiger partial charge is 0.344 e. The molecular weight excluding hydrogens is 378 g/mol. The molecule has 2 unspecified atom stereocenters. The van der Waals surface area contributed by atoms with Gasteiger partial charge in [0.2, 0.25) is 5.91 Å². The minimum Gasteiger partial charge on any atom is -0.466 e. The molecule has 0 fully saturated rings. The Bertz CT molecular complexity index is 476. The first-order valence-corrected chi connectivity index (χ1v) is 9.88. The maximum Gasteiger partial charge on any atom is 0.344 e. The SMILES string of the molecule is CCC(C)C(=O)NC(C)C.COC(=O)COC(=O)C(C)C.COC(C)CC(C)=O. The second-order valence-electron chi connectivity index (χ2n) is 7.26. The van der Waals surface area contributed by atoms with Gasteiger partial charge in [-0.3, -0.25) is 14.4 Å². The monoisotopic (exact) mass is 419 g/mol. The molecule has 29 heavy (non-hydrogen) atoms. The van der Waals surface area contributed by atoms with E-state index in [9.17, 15) is 19.2 Å². The maximum absolute atomic E-state index is 11.1. The van der Waals surface area contributed by atoms with E-state index in [4.69, 9.17) is 4.74 Å². The molecule has 0 aliphatic rings. The molecule has 0 aliphatic heterocycles. The summed E-state index contributed by atoms with van der Waals surface area (Å²) in [5.41, 5.74) is 0. The van der Waals surface area contributed by atoms with Crippen LogP contribution in [0.3, 0.4) is 0 Å². The molecule has 0 saturated heterocycles. The van der Waals surface area contributed by atoms with Crippen LogP contribution in [0.2, 0.25) is 0 Å². The van der Waals surface area contributed by atoms with E-state index < -0.39 is 11.9 Å². The van der Waals surface area contributed by atoms with Crippen LogP contribution < -0.4 is 5.32 Å². The van der Waals surface area contributed by atoms with Crippen LogP contribution in [0, 0.1) is 11.8 Å². The predicted molar refractivity (Wildman–Crippen MR) is 112 cm³/mol. The number of hydrogen-bond acceptors (Lipinski definition) is 7. The minimum atomic E-state index is -0.543. The highest BCUT2D eigenvalue weighted by Crippen LogP contribution is 2.00. The Morgan fingerprint density at radius 2 is 1.45 bits per heavy atom. The number of amides is 1. The first-order chi connectivity index (χ1) is 13.3. The molecule has 0 aromatic rings. The van der Waals surface area contributed by atoms with Gasteiger partial charge in [0.1, 0.15) is 5.78 Å². The first kappa shape index (κ1) is 31.7. The normalized spacial score (nSPS) is 11.9. The Labute approximate surface area is 176 Å². The predicted octanol–water partition coefficient (Wildman–Crippen LogP) is 2.92. The second kappa shape index (κ2) is 19.4. The zero-order valence-corrected chi connectivity index (χ0v) is 19.8. The largest absolute Gasteiger partial charge is 0.466 e. The summed E-state index contributed by atoms with van der Waals surface area (Å²) < 4.78 is 13.6. The molecule has 0 rings (SSSR count). The van der Waals surface area contributed by atoms with Gasteiger partial charge in [0.25, 0.3) is 0 Å². The Kier molecular flexibility index (Phi) is 21.2. The molecule has 1 amide bonds. The van der Waals surface area contributed by atoms with Gasteiger partial charge in [0.05, 0.1) is 19.1 Å². The fourth-order valence-corrected chi connectivity index (χ4v) is 1.46. The molecule has 172 valence electrons. The molecule has 0 aliphatic carbocycles. The molecule has 0 radical (unpaired) electrons. The number of hydrogen-bond donors (Lipinski definition) is 1. The lowest BCUT2D eigenvalue weighted by atomic mass is 10.1. The number of rotatable bonds is 9. The van der Waals surface area contributed by atoms with Gasteiger partial charge >= 0.3 is 11.9 Å². The molecule has 0 saturated carbocycles. The van der Waals surface area contributed by atoms with Crippen molar-refractivity contribution in [2.45, 2.75) is 80.4 Å². The third kappa shape index (κ3) is 24.0. The number of nitrogens with one attached hydrogen (secondary N) is 1. The number of esters is 2. The fourth-order valence-electron chi connectivity index (χ4n) is 1.46. The lowest BCUT2D eigenvalue weighted by molar-refractivity contribution is -0.159. The highest BCUT2D eigenvalue weighted by atomic mass is 16.6. The number of Topliss-reactive ketones (excluding diaryl/α,β-unsaturated/α-hetero) is 1. The van der Waals surface area contributed by atoms with Crippen LogP contribution in [-0.2, 0) is 33.4 Å². The van der Waals surface area contributed by atoms with E-state index in [-0.39, 0.29) is 42.3 Å². The number of ketones is 1. The molecule has 0 aromatic carbocycles. The van der Waals surface area contributed by atoms with E-state index in [1.807, 2.05) is 34.6 Å². The third-order valence-electron chi connectivity index (χ3n) is 3.50.